The van der Waals surface area contributed by atoms with E-state index in [-0.39, 0.29) is 6.29 Å². The molecule has 1 heterocycles. The Morgan fingerprint density at radius 1 is 0.941 bits per heavy atom. The predicted octanol–water partition coefficient (Wildman–Crippen LogP) is 3.15. The van der Waals surface area contributed by atoms with E-state index in [4.69, 9.17) is 9.47 Å². The molecular weight excluding hydrogens is 212 g/mol. The minimum atomic E-state index is -0.0649. The highest BCUT2D eigenvalue weighted by molar-refractivity contribution is 5.82. The molecular formula is C15H16O2. The molecule has 2 heteroatoms. The number of hydrogen-bond donors (Lipinski definition) is 0. The number of hydrogen-bond acceptors (Lipinski definition) is 2. The number of ether oxygens (including phenoxy) is 2. The fourth-order valence-corrected chi connectivity index (χ4v) is 2.21. The summed E-state index contributed by atoms with van der Waals surface area (Å²) in [5.41, 5.74) is 1.27. The number of fused-ring (bicyclic) bond motifs is 1. The molecule has 1 aliphatic heterocycles. The van der Waals surface area contributed by atoms with Gasteiger partial charge in [-0.2, -0.15) is 0 Å². The molecule has 0 bridgehead atoms. The quantitative estimate of drug-likeness (QED) is 0.786. The molecule has 3 rings (SSSR count). The van der Waals surface area contributed by atoms with E-state index < -0.39 is 0 Å². The largest absolute Gasteiger partial charge is 0.352 e. The molecule has 0 aliphatic carbocycles. The molecule has 2 nitrogen and oxygen atoms in total. The maximum absolute atomic E-state index is 5.57. The highest BCUT2D eigenvalue weighted by Crippen LogP contribution is 2.18. The van der Waals surface area contributed by atoms with E-state index in [9.17, 15) is 0 Å². The zero-order valence-corrected chi connectivity index (χ0v) is 9.76. The first-order chi connectivity index (χ1) is 8.42. The van der Waals surface area contributed by atoms with Crippen LogP contribution in [0, 0.1) is 0 Å². The van der Waals surface area contributed by atoms with Gasteiger partial charge in [0.15, 0.2) is 6.29 Å². The lowest BCUT2D eigenvalue weighted by Crippen LogP contribution is -2.26. The minimum Gasteiger partial charge on any atom is -0.352 e. The van der Waals surface area contributed by atoms with Gasteiger partial charge in [-0.15, -0.1) is 0 Å². The van der Waals surface area contributed by atoms with Gasteiger partial charge in [-0.1, -0.05) is 42.5 Å². The first-order valence-electron chi connectivity index (χ1n) is 6.13. The van der Waals surface area contributed by atoms with Crippen LogP contribution in [0.1, 0.15) is 12.0 Å². The third-order valence-electron chi connectivity index (χ3n) is 3.11. The summed E-state index contributed by atoms with van der Waals surface area (Å²) in [6.07, 6.45) is 1.78. The van der Waals surface area contributed by atoms with E-state index in [0.717, 1.165) is 26.1 Å². The molecule has 0 aromatic heterocycles. The smallest absolute Gasteiger partial charge is 0.161 e. The molecule has 0 amide bonds. The third kappa shape index (κ3) is 2.48. The Balaban J connectivity index is 1.80. The first-order valence-corrected chi connectivity index (χ1v) is 6.13. The van der Waals surface area contributed by atoms with E-state index >= 15 is 0 Å². The van der Waals surface area contributed by atoms with Crippen LogP contribution in [0.3, 0.4) is 0 Å². The topological polar surface area (TPSA) is 18.5 Å². The third-order valence-corrected chi connectivity index (χ3v) is 3.11. The van der Waals surface area contributed by atoms with Crippen LogP contribution in [-0.2, 0) is 15.9 Å². The highest BCUT2D eigenvalue weighted by atomic mass is 16.7. The molecule has 0 saturated carbocycles. The van der Waals surface area contributed by atoms with Crippen LogP contribution in [0.15, 0.2) is 42.5 Å². The van der Waals surface area contributed by atoms with Gasteiger partial charge < -0.3 is 9.47 Å². The summed E-state index contributed by atoms with van der Waals surface area (Å²) in [7, 11) is 0. The van der Waals surface area contributed by atoms with Gasteiger partial charge >= 0.3 is 0 Å². The molecule has 88 valence electrons. The summed E-state index contributed by atoms with van der Waals surface area (Å²) in [4.78, 5) is 0. The normalized spacial score (nSPS) is 17.4. The van der Waals surface area contributed by atoms with Crippen molar-refractivity contribution in [2.24, 2.45) is 0 Å². The molecule has 0 spiro atoms. The van der Waals surface area contributed by atoms with Crippen molar-refractivity contribution in [1.82, 2.24) is 0 Å². The van der Waals surface area contributed by atoms with E-state index in [2.05, 4.69) is 42.5 Å². The predicted molar refractivity (Wildman–Crippen MR) is 68.0 cm³/mol. The van der Waals surface area contributed by atoms with Crippen LogP contribution in [-0.4, -0.2) is 19.5 Å². The summed E-state index contributed by atoms with van der Waals surface area (Å²) in [6.45, 7) is 1.64. The second-order valence-electron chi connectivity index (χ2n) is 4.41. The Morgan fingerprint density at radius 3 is 2.53 bits per heavy atom. The summed E-state index contributed by atoms with van der Waals surface area (Å²) >= 11 is 0. The van der Waals surface area contributed by atoms with Gasteiger partial charge in [-0.3, -0.25) is 0 Å². The summed E-state index contributed by atoms with van der Waals surface area (Å²) in [5, 5.41) is 2.56. The van der Waals surface area contributed by atoms with E-state index in [1.54, 1.807) is 0 Å². The Bertz CT molecular complexity index is 501. The molecule has 1 saturated heterocycles. The molecule has 0 N–H and O–H groups in total. The lowest BCUT2D eigenvalue weighted by molar-refractivity contribution is -0.176. The van der Waals surface area contributed by atoms with Crippen molar-refractivity contribution in [3.8, 4) is 0 Å². The van der Waals surface area contributed by atoms with Crippen LogP contribution in [0.5, 0.6) is 0 Å². The van der Waals surface area contributed by atoms with E-state index in [0.29, 0.717) is 0 Å². The second kappa shape index (κ2) is 4.86. The standard InChI is InChI=1S/C15H16O2/c1-2-5-14-10-12(6-7-13(14)4-1)11-15-16-8-3-9-17-15/h1-2,4-7,10,15H,3,8-9,11H2. The van der Waals surface area contributed by atoms with Crippen molar-refractivity contribution in [3.05, 3.63) is 48.0 Å². The average molecular weight is 228 g/mol. The van der Waals surface area contributed by atoms with Crippen LogP contribution in [0.4, 0.5) is 0 Å². The number of benzene rings is 2. The van der Waals surface area contributed by atoms with Crippen LogP contribution >= 0.6 is 0 Å². The minimum absolute atomic E-state index is 0.0649. The molecule has 2 aromatic rings. The maximum atomic E-state index is 5.57. The molecule has 17 heavy (non-hydrogen) atoms. The number of rotatable bonds is 2. The van der Waals surface area contributed by atoms with Gasteiger partial charge in [0.05, 0.1) is 13.2 Å². The van der Waals surface area contributed by atoms with Crippen molar-refractivity contribution < 1.29 is 9.47 Å². The Hall–Kier alpha value is -1.38. The molecule has 2 aromatic carbocycles. The highest BCUT2D eigenvalue weighted by Gasteiger charge is 2.14. The van der Waals surface area contributed by atoms with E-state index in [1.165, 1.54) is 16.3 Å². The van der Waals surface area contributed by atoms with Gasteiger partial charge in [0.25, 0.3) is 0 Å². The van der Waals surface area contributed by atoms with Crippen molar-refractivity contribution in [1.29, 1.82) is 0 Å². The van der Waals surface area contributed by atoms with E-state index in [1.807, 2.05) is 0 Å². The summed E-state index contributed by atoms with van der Waals surface area (Å²) < 4.78 is 11.1. The van der Waals surface area contributed by atoms with Gasteiger partial charge in [0.2, 0.25) is 0 Å². The Morgan fingerprint density at radius 2 is 1.71 bits per heavy atom. The second-order valence-corrected chi connectivity index (χ2v) is 4.41. The zero-order chi connectivity index (χ0) is 11.5. The maximum Gasteiger partial charge on any atom is 0.161 e. The van der Waals surface area contributed by atoms with Crippen LogP contribution < -0.4 is 0 Å². The van der Waals surface area contributed by atoms with Crippen molar-refractivity contribution in [2.75, 3.05) is 13.2 Å². The average Bonchev–Trinajstić information content (AvgIpc) is 2.40. The summed E-state index contributed by atoms with van der Waals surface area (Å²) in [5.74, 6) is 0. The molecule has 1 aliphatic rings. The van der Waals surface area contributed by atoms with Crippen molar-refractivity contribution in [2.45, 2.75) is 19.1 Å². The van der Waals surface area contributed by atoms with Crippen LogP contribution in [0.25, 0.3) is 10.8 Å². The first kappa shape index (κ1) is 10.8. The lowest BCUT2D eigenvalue weighted by Gasteiger charge is -2.23. The lowest BCUT2D eigenvalue weighted by atomic mass is 10.0. The van der Waals surface area contributed by atoms with Gasteiger partial charge in [-0.05, 0) is 22.8 Å². The van der Waals surface area contributed by atoms with Gasteiger partial charge in [-0.25, -0.2) is 0 Å². The van der Waals surface area contributed by atoms with Crippen LogP contribution in [0.2, 0.25) is 0 Å². The van der Waals surface area contributed by atoms with Crippen molar-refractivity contribution >= 4 is 10.8 Å². The fraction of sp³-hybridized carbons (Fsp3) is 0.333. The van der Waals surface area contributed by atoms with Gasteiger partial charge in [0.1, 0.15) is 0 Å². The zero-order valence-electron chi connectivity index (χ0n) is 9.76. The molecule has 1 fully saturated rings. The molecule has 0 atom stereocenters. The van der Waals surface area contributed by atoms with Gasteiger partial charge in [0, 0.05) is 6.42 Å². The SMILES string of the molecule is c1ccc2cc(CC3OCCCO3)ccc2c1. The van der Waals surface area contributed by atoms with Crippen molar-refractivity contribution in [3.63, 3.8) is 0 Å². The Labute approximate surface area is 101 Å². The molecule has 0 unspecified atom stereocenters. The fourth-order valence-electron chi connectivity index (χ4n) is 2.21. The Kier molecular flexibility index (Phi) is 3.08. The summed E-state index contributed by atoms with van der Waals surface area (Å²) in [6, 6.07) is 14.9. The molecule has 0 radical (unpaired) electrons. The monoisotopic (exact) mass is 228 g/mol.